The number of phenolic OH excluding ortho intramolecular Hbond substituents is 1. The maximum Gasteiger partial charge on any atom is 0.273 e. The number of aromatic nitrogens is 5. The molecular formula is C15H11N7O4. The molecule has 0 aliphatic heterocycles. The lowest BCUT2D eigenvalue weighted by Gasteiger charge is -2.05. The summed E-state index contributed by atoms with van der Waals surface area (Å²) in [6.07, 6.45) is 1.50. The normalized spacial score (nSPS) is 11.1. The summed E-state index contributed by atoms with van der Waals surface area (Å²) in [5, 5.41) is 28.9. The number of nitrogens with zero attached hydrogens (tertiary/aromatic N) is 6. The smallest absolute Gasteiger partial charge is 0.273 e. The number of nitrogens with two attached hydrogens (primary N) is 1. The fourth-order valence-corrected chi connectivity index (χ4v) is 2.53. The fraction of sp³-hybridized carbons (Fsp3) is 0.0667. The molecule has 4 rings (SSSR count). The Morgan fingerprint density at radius 3 is 2.85 bits per heavy atom. The van der Waals surface area contributed by atoms with Crippen molar-refractivity contribution in [2.75, 3.05) is 5.73 Å². The van der Waals surface area contributed by atoms with Gasteiger partial charge in [0.25, 0.3) is 5.69 Å². The lowest BCUT2D eigenvalue weighted by atomic mass is 10.2. The monoisotopic (exact) mass is 353 g/mol. The van der Waals surface area contributed by atoms with Crippen molar-refractivity contribution >= 4 is 22.8 Å². The predicted molar refractivity (Wildman–Crippen MR) is 89.1 cm³/mol. The van der Waals surface area contributed by atoms with Crippen LogP contribution >= 0.6 is 0 Å². The van der Waals surface area contributed by atoms with Crippen LogP contribution in [0.3, 0.4) is 0 Å². The molecule has 0 bridgehead atoms. The molecule has 3 N–H and O–H groups in total. The lowest BCUT2D eigenvalue weighted by molar-refractivity contribution is -0.384. The summed E-state index contributed by atoms with van der Waals surface area (Å²) >= 11 is 0. The van der Waals surface area contributed by atoms with Gasteiger partial charge in [-0.2, -0.15) is 4.98 Å². The number of non-ortho nitro benzene ring substituents is 1. The Bertz CT molecular complexity index is 1120. The van der Waals surface area contributed by atoms with Crippen molar-refractivity contribution in [3.05, 3.63) is 52.3 Å². The number of anilines is 1. The summed E-state index contributed by atoms with van der Waals surface area (Å²) in [7, 11) is 0. The van der Waals surface area contributed by atoms with Gasteiger partial charge in [-0.3, -0.25) is 10.1 Å². The average molecular weight is 353 g/mol. The summed E-state index contributed by atoms with van der Waals surface area (Å²) in [5.74, 6) is 0.255. The molecule has 4 aromatic rings. The third kappa shape index (κ3) is 2.56. The van der Waals surface area contributed by atoms with Crippen LogP contribution in [0.4, 0.5) is 11.6 Å². The van der Waals surface area contributed by atoms with Gasteiger partial charge in [-0.15, -0.1) is 5.10 Å². The van der Waals surface area contributed by atoms with E-state index >= 15 is 0 Å². The van der Waals surface area contributed by atoms with E-state index in [0.29, 0.717) is 28.2 Å². The second kappa shape index (κ2) is 5.81. The topological polar surface area (TPSA) is 159 Å². The van der Waals surface area contributed by atoms with Crippen LogP contribution in [-0.2, 0) is 6.54 Å². The van der Waals surface area contributed by atoms with Gasteiger partial charge in [0.2, 0.25) is 5.95 Å². The van der Waals surface area contributed by atoms with Gasteiger partial charge in [-0.25, -0.2) is 9.67 Å². The Kier molecular flexibility index (Phi) is 3.46. The first-order chi connectivity index (χ1) is 12.5. The van der Waals surface area contributed by atoms with Gasteiger partial charge in [-0.1, -0.05) is 5.21 Å². The first kappa shape index (κ1) is 15.5. The second-order valence-corrected chi connectivity index (χ2v) is 5.40. The van der Waals surface area contributed by atoms with E-state index in [1.165, 1.54) is 23.1 Å². The molecule has 3 heterocycles. The number of hydrogen-bond donors (Lipinski definition) is 2. The van der Waals surface area contributed by atoms with E-state index in [1.54, 1.807) is 12.1 Å². The van der Waals surface area contributed by atoms with Crippen molar-refractivity contribution in [3.63, 3.8) is 0 Å². The number of rotatable bonds is 4. The minimum atomic E-state index is -0.585. The molecule has 0 spiro atoms. The highest BCUT2D eigenvalue weighted by molar-refractivity contribution is 5.85. The highest BCUT2D eigenvalue weighted by Gasteiger charge is 2.18. The highest BCUT2D eigenvalue weighted by Crippen LogP contribution is 2.27. The van der Waals surface area contributed by atoms with Gasteiger partial charge in [0.05, 0.1) is 23.8 Å². The molecule has 11 heteroatoms. The maximum atomic E-state index is 10.8. The molecule has 130 valence electrons. The first-order valence-corrected chi connectivity index (χ1v) is 7.40. The lowest BCUT2D eigenvalue weighted by Crippen LogP contribution is -2.05. The molecule has 26 heavy (non-hydrogen) atoms. The maximum absolute atomic E-state index is 10.8. The zero-order chi connectivity index (χ0) is 18.3. The van der Waals surface area contributed by atoms with Gasteiger partial charge >= 0.3 is 0 Å². The van der Waals surface area contributed by atoms with Crippen LogP contribution in [0.15, 0.2) is 41.0 Å². The number of nitro benzene ring substituents is 1. The summed E-state index contributed by atoms with van der Waals surface area (Å²) in [4.78, 5) is 18.5. The SMILES string of the molecule is Nc1nc(-c2ccco2)c2nnn(Cc3ccc([N+](=O)[O-])cc3O)c2n1. The molecule has 3 aromatic heterocycles. The van der Waals surface area contributed by atoms with Crippen LogP contribution in [0.1, 0.15) is 5.56 Å². The Morgan fingerprint density at radius 2 is 2.15 bits per heavy atom. The average Bonchev–Trinajstić information content (AvgIpc) is 3.26. The summed E-state index contributed by atoms with van der Waals surface area (Å²) < 4.78 is 6.76. The quantitative estimate of drug-likeness (QED) is 0.411. The van der Waals surface area contributed by atoms with Crippen molar-refractivity contribution in [3.8, 4) is 17.2 Å². The first-order valence-electron chi connectivity index (χ1n) is 7.40. The van der Waals surface area contributed by atoms with Crippen LogP contribution in [0.25, 0.3) is 22.6 Å². The van der Waals surface area contributed by atoms with E-state index in [0.717, 1.165) is 6.07 Å². The van der Waals surface area contributed by atoms with E-state index in [2.05, 4.69) is 20.3 Å². The largest absolute Gasteiger partial charge is 0.507 e. The van der Waals surface area contributed by atoms with Crippen molar-refractivity contribution in [2.24, 2.45) is 0 Å². The van der Waals surface area contributed by atoms with Crippen molar-refractivity contribution in [1.29, 1.82) is 0 Å². The van der Waals surface area contributed by atoms with Gasteiger partial charge in [0.1, 0.15) is 11.4 Å². The summed E-state index contributed by atoms with van der Waals surface area (Å²) in [6.45, 7) is 0.0916. The van der Waals surface area contributed by atoms with Crippen molar-refractivity contribution < 1.29 is 14.4 Å². The molecular weight excluding hydrogens is 342 g/mol. The minimum absolute atomic E-state index is 0.0142. The molecule has 0 amide bonds. The van der Waals surface area contributed by atoms with Gasteiger partial charge < -0.3 is 15.3 Å². The van der Waals surface area contributed by atoms with Crippen molar-refractivity contribution in [2.45, 2.75) is 6.54 Å². The number of nitrogen functional groups attached to an aromatic ring is 1. The summed E-state index contributed by atoms with van der Waals surface area (Å²) in [6, 6.07) is 7.23. The number of furan rings is 1. The number of nitro groups is 1. The zero-order valence-electron chi connectivity index (χ0n) is 13.1. The van der Waals surface area contributed by atoms with E-state index in [9.17, 15) is 15.2 Å². The molecule has 0 unspecified atom stereocenters. The molecule has 0 aliphatic rings. The molecule has 11 nitrogen and oxygen atoms in total. The van der Waals surface area contributed by atoms with Crippen LogP contribution in [0.5, 0.6) is 5.75 Å². The number of hydrogen-bond acceptors (Lipinski definition) is 9. The van der Waals surface area contributed by atoms with Crippen LogP contribution < -0.4 is 5.73 Å². The number of fused-ring (bicyclic) bond motifs is 1. The van der Waals surface area contributed by atoms with Crippen LogP contribution in [-0.4, -0.2) is 35.0 Å². The third-order valence-electron chi connectivity index (χ3n) is 3.73. The number of phenols is 1. The van der Waals surface area contributed by atoms with E-state index in [4.69, 9.17) is 10.2 Å². The molecule has 0 saturated heterocycles. The summed E-state index contributed by atoms with van der Waals surface area (Å²) in [5.41, 5.74) is 7.12. The molecule has 0 radical (unpaired) electrons. The standard InChI is InChI=1S/C15H11N7O4/c16-15-17-12(11-2-1-5-26-11)13-14(18-15)21(20-19-13)7-8-3-4-9(22(24)25)6-10(8)23/h1-6,23H,7H2,(H2,16,17,18). The number of benzene rings is 1. The molecule has 0 saturated carbocycles. The molecule has 0 aliphatic carbocycles. The predicted octanol–water partition coefficient (Wildman–Crippen LogP) is 1.73. The molecule has 0 atom stereocenters. The Balaban J connectivity index is 1.78. The molecule has 0 fully saturated rings. The Morgan fingerprint density at radius 1 is 1.31 bits per heavy atom. The van der Waals surface area contributed by atoms with E-state index < -0.39 is 4.92 Å². The van der Waals surface area contributed by atoms with E-state index in [-0.39, 0.29) is 23.9 Å². The highest BCUT2D eigenvalue weighted by atomic mass is 16.6. The van der Waals surface area contributed by atoms with E-state index in [1.807, 2.05) is 0 Å². The van der Waals surface area contributed by atoms with Gasteiger partial charge in [0.15, 0.2) is 16.9 Å². The van der Waals surface area contributed by atoms with Gasteiger partial charge in [-0.05, 0) is 18.2 Å². The zero-order valence-corrected chi connectivity index (χ0v) is 13.1. The number of aromatic hydroxyl groups is 1. The second-order valence-electron chi connectivity index (χ2n) is 5.40. The Labute approximate surface area is 144 Å². The van der Waals surface area contributed by atoms with Crippen molar-refractivity contribution in [1.82, 2.24) is 25.0 Å². The minimum Gasteiger partial charge on any atom is -0.507 e. The Hall–Kier alpha value is -4.02. The van der Waals surface area contributed by atoms with Crippen LogP contribution in [0.2, 0.25) is 0 Å². The van der Waals surface area contributed by atoms with Crippen LogP contribution in [0, 0.1) is 10.1 Å². The molecule has 1 aromatic carbocycles. The van der Waals surface area contributed by atoms with Gasteiger partial charge in [0, 0.05) is 11.6 Å². The fourth-order valence-electron chi connectivity index (χ4n) is 2.53. The third-order valence-corrected chi connectivity index (χ3v) is 3.73.